The fourth-order valence-corrected chi connectivity index (χ4v) is 2.18. The summed E-state index contributed by atoms with van der Waals surface area (Å²) >= 11 is 0. The van der Waals surface area contributed by atoms with Crippen LogP contribution in [-0.4, -0.2) is 21.9 Å². The summed E-state index contributed by atoms with van der Waals surface area (Å²) in [5.74, 6) is 1.77. The van der Waals surface area contributed by atoms with E-state index in [0.29, 0.717) is 11.5 Å². The molecule has 0 fully saturated rings. The summed E-state index contributed by atoms with van der Waals surface area (Å²) in [5, 5.41) is 26.4. The molecule has 0 bridgehead atoms. The summed E-state index contributed by atoms with van der Waals surface area (Å²) in [6, 6.07) is 22.7. The fraction of sp³-hybridized carbons (Fsp3) is 0.143. The van der Waals surface area contributed by atoms with Crippen LogP contribution in [0.1, 0.15) is 12.0 Å². The van der Waals surface area contributed by atoms with Gasteiger partial charge in [-0.25, -0.2) is 0 Å². The fourth-order valence-electron chi connectivity index (χ4n) is 2.18. The quantitative estimate of drug-likeness (QED) is 0.564. The van der Waals surface area contributed by atoms with Gasteiger partial charge in [0.25, 0.3) is 0 Å². The molecule has 4 nitrogen and oxygen atoms in total. The molecule has 130 valence electrons. The van der Waals surface area contributed by atoms with E-state index in [1.165, 1.54) is 5.56 Å². The van der Waals surface area contributed by atoms with Crippen molar-refractivity contribution in [2.75, 3.05) is 6.61 Å². The van der Waals surface area contributed by atoms with E-state index < -0.39 is 0 Å². The molecule has 3 N–H and O–H groups in total. The van der Waals surface area contributed by atoms with Crippen molar-refractivity contribution in [3.63, 3.8) is 0 Å². The number of hydrogen-bond donors (Lipinski definition) is 3. The third-order valence-electron chi connectivity index (χ3n) is 3.41. The molecule has 0 aliphatic carbocycles. The molecule has 0 spiro atoms. The van der Waals surface area contributed by atoms with Gasteiger partial charge in [-0.05, 0) is 48.7 Å². The Bertz CT molecular complexity index is 705. The van der Waals surface area contributed by atoms with Crippen LogP contribution < -0.4 is 4.74 Å². The third kappa shape index (κ3) is 6.87. The molecule has 4 heteroatoms. The summed E-state index contributed by atoms with van der Waals surface area (Å²) < 4.78 is 5.34. The largest absolute Gasteiger partial charge is 0.508 e. The molecule has 4 rings (SSSR count). The number of phenolic OH excluding ortho intramolecular Hbond substituents is 3. The summed E-state index contributed by atoms with van der Waals surface area (Å²) in [6.07, 6.45) is 2.15. The van der Waals surface area contributed by atoms with Gasteiger partial charge in [0, 0.05) is 6.07 Å². The molecule has 3 aromatic carbocycles. The van der Waals surface area contributed by atoms with Gasteiger partial charge in [0.15, 0.2) is 0 Å². The van der Waals surface area contributed by atoms with Crippen LogP contribution in [0.3, 0.4) is 0 Å². The van der Waals surface area contributed by atoms with Crippen LogP contribution in [-0.2, 0) is 6.42 Å². The average molecular weight is 338 g/mol. The Morgan fingerprint density at radius 3 is 1.68 bits per heavy atom. The number of hydrogen-bond acceptors (Lipinski definition) is 4. The lowest BCUT2D eigenvalue weighted by Gasteiger charge is -2.16. The first-order valence-corrected chi connectivity index (χ1v) is 8.08. The number of benzene rings is 3. The number of ether oxygens (including phenoxy) is 1. The molecule has 0 unspecified atom stereocenters. The smallest absolute Gasteiger partial charge is 0.126 e. The minimum Gasteiger partial charge on any atom is -0.508 e. The maximum Gasteiger partial charge on any atom is 0.126 e. The molecule has 1 aliphatic rings. The number of phenols is 3. The second-order valence-corrected chi connectivity index (χ2v) is 5.42. The van der Waals surface area contributed by atoms with Crippen molar-refractivity contribution in [3.05, 3.63) is 84.4 Å². The number of fused-ring (bicyclic) bond motifs is 1. The van der Waals surface area contributed by atoms with Crippen LogP contribution in [0.5, 0.6) is 23.0 Å². The lowest BCUT2D eigenvalue weighted by molar-refractivity contribution is 0.286. The van der Waals surface area contributed by atoms with Crippen LogP contribution >= 0.6 is 0 Å². The van der Waals surface area contributed by atoms with Crippen molar-refractivity contribution in [1.82, 2.24) is 0 Å². The van der Waals surface area contributed by atoms with Crippen molar-refractivity contribution in [3.8, 4) is 23.0 Å². The number of aryl methyl sites for hydroxylation is 1. The van der Waals surface area contributed by atoms with Crippen molar-refractivity contribution in [1.29, 1.82) is 0 Å². The highest BCUT2D eigenvalue weighted by Gasteiger charge is 2.09. The predicted octanol–water partition coefficient (Wildman–Crippen LogP) is 4.50. The zero-order valence-corrected chi connectivity index (χ0v) is 13.9. The van der Waals surface area contributed by atoms with E-state index >= 15 is 0 Å². The molecule has 0 amide bonds. The first-order valence-electron chi connectivity index (χ1n) is 8.08. The Labute approximate surface area is 147 Å². The van der Waals surface area contributed by atoms with Crippen molar-refractivity contribution < 1.29 is 20.1 Å². The van der Waals surface area contributed by atoms with Crippen LogP contribution in [0.2, 0.25) is 0 Å². The minimum absolute atomic E-state index is 0.283. The van der Waals surface area contributed by atoms with Gasteiger partial charge in [-0.1, -0.05) is 42.5 Å². The van der Waals surface area contributed by atoms with Gasteiger partial charge < -0.3 is 20.1 Å². The first kappa shape index (κ1) is 18.2. The summed E-state index contributed by atoms with van der Waals surface area (Å²) in [6.45, 7) is 0.774. The Morgan fingerprint density at radius 2 is 1.20 bits per heavy atom. The highest BCUT2D eigenvalue weighted by molar-refractivity contribution is 5.40. The van der Waals surface area contributed by atoms with Crippen molar-refractivity contribution in [2.24, 2.45) is 0 Å². The van der Waals surface area contributed by atoms with Gasteiger partial charge in [-0.2, -0.15) is 0 Å². The van der Waals surface area contributed by atoms with E-state index in [-0.39, 0.29) is 5.75 Å². The maximum absolute atomic E-state index is 9.11. The molecular formula is C21H22O4. The number of rotatable bonds is 0. The molecule has 3 aromatic rings. The van der Waals surface area contributed by atoms with Gasteiger partial charge in [-0.3, -0.25) is 0 Å². The highest BCUT2D eigenvalue weighted by Crippen LogP contribution is 2.27. The molecule has 0 saturated heterocycles. The lowest BCUT2D eigenvalue weighted by atomic mass is 10.1. The molecule has 0 saturated carbocycles. The Morgan fingerprint density at radius 1 is 0.640 bits per heavy atom. The monoisotopic (exact) mass is 338 g/mol. The summed E-state index contributed by atoms with van der Waals surface area (Å²) in [7, 11) is 0. The predicted molar refractivity (Wildman–Crippen MR) is 98.1 cm³/mol. The van der Waals surface area contributed by atoms with E-state index in [2.05, 4.69) is 0 Å². The standard InChI is InChI=1S/C9H10O2.2C6H6O/c10-8-4-3-7-2-1-5-11-9(7)6-8;2*7-6-4-2-1-3-5-6/h3-4,6,10H,1-2,5H2;2*1-5,7H. The second-order valence-electron chi connectivity index (χ2n) is 5.42. The zero-order chi connectivity index (χ0) is 17.9. The molecule has 1 heterocycles. The van der Waals surface area contributed by atoms with E-state index in [9.17, 15) is 0 Å². The lowest BCUT2D eigenvalue weighted by Crippen LogP contribution is -2.07. The SMILES string of the molecule is Oc1ccc2c(c1)OCCC2.Oc1ccccc1.Oc1ccccc1. The topological polar surface area (TPSA) is 69.9 Å². The Hall–Kier alpha value is -3.14. The minimum atomic E-state index is 0.283. The molecule has 0 radical (unpaired) electrons. The summed E-state index contributed by atoms with van der Waals surface area (Å²) in [5.41, 5.74) is 1.20. The normalized spacial score (nSPS) is 11.5. The van der Waals surface area contributed by atoms with E-state index in [1.807, 2.05) is 18.2 Å². The van der Waals surface area contributed by atoms with Crippen LogP contribution in [0.4, 0.5) is 0 Å². The number of aromatic hydroxyl groups is 3. The van der Waals surface area contributed by atoms with E-state index in [1.54, 1.807) is 60.7 Å². The van der Waals surface area contributed by atoms with E-state index in [4.69, 9.17) is 20.1 Å². The second kappa shape index (κ2) is 9.88. The van der Waals surface area contributed by atoms with Crippen LogP contribution in [0.25, 0.3) is 0 Å². The van der Waals surface area contributed by atoms with Crippen LogP contribution in [0, 0.1) is 0 Å². The third-order valence-corrected chi connectivity index (χ3v) is 3.41. The Kier molecular flexibility index (Phi) is 7.19. The van der Waals surface area contributed by atoms with Gasteiger partial charge >= 0.3 is 0 Å². The molecule has 1 aliphatic heterocycles. The summed E-state index contributed by atoms with van der Waals surface area (Å²) in [4.78, 5) is 0. The molecule has 25 heavy (non-hydrogen) atoms. The maximum atomic E-state index is 9.11. The van der Waals surface area contributed by atoms with Gasteiger partial charge in [0.1, 0.15) is 23.0 Å². The van der Waals surface area contributed by atoms with E-state index in [0.717, 1.165) is 25.2 Å². The molecule has 0 aromatic heterocycles. The van der Waals surface area contributed by atoms with Crippen molar-refractivity contribution >= 4 is 0 Å². The van der Waals surface area contributed by atoms with Gasteiger partial charge in [0.05, 0.1) is 6.61 Å². The average Bonchev–Trinajstić information content (AvgIpc) is 2.64. The molecular weight excluding hydrogens is 316 g/mol. The van der Waals surface area contributed by atoms with Crippen molar-refractivity contribution in [2.45, 2.75) is 12.8 Å². The zero-order valence-electron chi connectivity index (χ0n) is 13.9. The first-order chi connectivity index (χ1) is 12.1. The van der Waals surface area contributed by atoms with Gasteiger partial charge in [0.2, 0.25) is 0 Å². The Balaban J connectivity index is 0.000000142. The van der Waals surface area contributed by atoms with Gasteiger partial charge in [-0.15, -0.1) is 0 Å². The molecule has 0 atom stereocenters. The number of para-hydroxylation sites is 2. The van der Waals surface area contributed by atoms with Crippen LogP contribution in [0.15, 0.2) is 78.9 Å². The highest BCUT2D eigenvalue weighted by atomic mass is 16.5.